The van der Waals surface area contributed by atoms with E-state index in [9.17, 15) is 17.6 Å². The van der Waals surface area contributed by atoms with E-state index in [1.807, 2.05) is 0 Å². The van der Waals surface area contributed by atoms with Crippen LogP contribution >= 0.6 is 34.8 Å². The van der Waals surface area contributed by atoms with E-state index >= 15 is 0 Å². The van der Waals surface area contributed by atoms with Gasteiger partial charge in [-0.1, -0.05) is 23.2 Å². The normalized spacial score (nSPS) is 10.1. The molecule has 0 aliphatic heterocycles. The number of hydrogen-bond acceptors (Lipinski definition) is 8. The van der Waals surface area contributed by atoms with Gasteiger partial charge in [-0.15, -0.1) is 0 Å². The summed E-state index contributed by atoms with van der Waals surface area (Å²) in [6.45, 7) is 0. The van der Waals surface area contributed by atoms with Crippen molar-refractivity contribution in [3.63, 3.8) is 0 Å². The highest BCUT2D eigenvalue weighted by atomic mass is 35.5. The van der Waals surface area contributed by atoms with Crippen LogP contribution in [0.3, 0.4) is 0 Å². The number of benzene rings is 4. The zero-order valence-electron chi connectivity index (χ0n) is 23.9. The van der Waals surface area contributed by atoms with Crippen molar-refractivity contribution in [1.29, 1.82) is 0 Å². The molecule has 0 unspecified atom stereocenters. The molecule has 2 heterocycles. The fourth-order valence-corrected chi connectivity index (χ4v) is 3.97. The molecule has 0 aliphatic rings. The van der Waals surface area contributed by atoms with Crippen LogP contribution in [0, 0.1) is 23.3 Å². The Morgan fingerprint density at radius 2 is 0.979 bits per heavy atom. The lowest BCUT2D eigenvalue weighted by Crippen LogP contribution is -2.00. The van der Waals surface area contributed by atoms with Crippen molar-refractivity contribution >= 4 is 75.1 Å². The zero-order chi connectivity index (χ0) is 33.8. The quantitative estimate of drug-likeness (QED) is 0.0771. The summed E-state index contributed by atoms with van der Waals surface area (Å²) < 4.78 is 51.0. The largest absolute Gasteiger partial charge is 0.399 e. The summed E-state index contributed by atoms with van der Waals surface area (Å²) in [6, 6.07) is 23.4. The average molecular weight is 702 g/mol. The van der Waals surface area contributed by atoms with Crippen molar-refractivity contribution in [2.45, 2.75) is 0 Å². The lowest BCUT2D eigenvalue weighted by atomic mass is 10.3. The maximum absolute atomic E-state index is 13.2. The molecule has 0 radical (unpaired) electrons. The fraction of sp³-hybridized carbons (Fsp3) is 0. The van der Waals surface area contributed by atoms with Gasteiger partial charge in [-0.05, 0) is 109 Å². The van der Waals surface area contributed by atoms with E-state index in [-0.39, 0.29) is 27.0 Å². The third-order valence-electron chi connectivity index (χ3n) is 5.64. The number of hydrogen-bond donors (Lipinski definition) is 4. The minimum absolute atomic E-state index is 0.0220. The van der Waals surface area contributed by atoms with Gasteiger partial charge in [-0.2, -0.15) is 4.98 Å². The molecule has 0 aliphatic carbocycles. The molecular weight excluding hydrogens is 679 g/mol. The van der Waals surface area contributed by atoms with E-state index in [2.05, 4.69) is 35.9 Å². The first kappa shape index (κ1) is 34.7. The molecule has 47 heavy (non-hydrogen) atoms. The molecule has 6 rings (SSSR count). The Kier molecular flexibility index (Phi) is 12.5. The van der Waals surface area contributed by atoms with Crippen LogP contribution in [0.25, 0.3) is 0 Å². The topological polar surface area (TPSA) is 114 Å². The number of anilines is 7. The van der Waals surface area contributed by atoms with Crippen LogP contribution in [0.4, 0.5) is 57.9 Å². The van der Waals surface area contributed by atoms with Crippen molar-refractivity contribution in [2.24, 2.45) is 0 Å². The zero-order valence-corrected chi connectivity index (χ0v) is 26.2. The molecule has 0 saturated heterocycles. The van der Waals surface area contributed by atoms with E-state index in [1.165, 1.54) is 66.9 Å². The Bertz CT molecular complexity index is 1900. The standard InChI is InChI=1S/C16H11ClF2N4.C10H6Cl2FN3.C6H6FN/c17-13-9-12(5-6-14(13)19)21-15-7-8-20-16(23-15)22-11-3-1-10(18)2-4-11;11-7-5-6(1-2-8(7)13)15-9-3-4-14-10(12)16-9;7-5-1-3-6(8)4-2-5/h1-9H,(H2,20,21,22,23);1-5H,(H,14,15,16);1-4H,8H2. The summed E-state index contributed by atoms with van der Waals surface area (Å²) in [5.41, 5.74) is 7.74. The van der Waals surface area contributed by atoms with Gasteiger partial charge in [0.25, 0.3) is 0 Å². The second-order valence-corrected chi connectivity index (χ2v) is 10.3. The molecule has 6 aromatic rings. The summed E-state index contributed by atoms with van der Waals surface area (Å²) in [5, 5.41) is 9.10. The summed E-state index contributed by atoms with van der Waals surface area (Å²) >= 11 is 17.0. The minimum atomic E-state index is -0.487. The van der Waals surface area contributed by atoms with Gasteiger partial charge in [0.2, 0.25) is 11.2 Å². The van der Waals surface area contributed by atoms with Crippen LogP contribution in [-0.2, 0) is 0 Å². The van der Waals surface area contributed by atoms with Crippen LogP contribution in [0.15, 0.2) is 109 Å². The minimum Gasteiger partial charge on any atom is -0.399 e. The smallest absolute Gasteiger partial charge is 0.229 e. The molecule has 2 aromatic heterocycles. The molecule has 0 saturated carbocycles. The van der Waals surface area contributed by atoms with E-state index in [0.29, 0.717) is 40.3 Å². The van der Waals surface area contributed by atoms with Crippen LogP contribution in [0.2, 0.25) is 15.3 Å². The van der Waals surface area contributed by atoms with Gasteiger partial charge in [0.15, 0.2) is 0 Å². The summed E-state index contributed by atoms with van der Waals surface area (Å²) in [6.07, 6.45) is 3.08. The number of nitrogen functional groups attached to an aromatic ring is 1. The van der Waals surface area contributed by atoms with Crippen molar-refractivity contribution in [3.8, 4) is 0 Å². The van der Waals surface area contributed by atoms with Crippen molar-refractivity contribution < 1.29 is 17.6 Å². The van der Waals surface area contributed by atoms with Crippen LogP contribution < -0.4 is 21.7 Å². The Morgan fingerprint density at radius 1 is 0.511 bits per heavy atom. The van der Waals surface area contributed by atoms with Gasteiger partial charge in [-0.25, -0.2) is 32.5 Å². The first-order chi connectivity index (χ1) is 22.5. The van der Waals surface area contributed by atoms with Crippen molar-refractivity contribution in [2.75, 3.05) is 21.7 Å². The molecule has 0 amide bonds. The van der Waals surface area contributed by atoms with Gasteiger partial charge in [-0.3, -0.25) is 0 Å². The number of nitrogens with one attached hydrogen (secondary N) is 3. The number of nitrogens with zero attached hydrogens (tertiary/aromatic N) is 4. The molecule has 8 nitrogen and oxygen atoms in total. The summed E-state index contributed by atoms with van der Waals surface area (Å²) in [4.78, 5) is 16.0. The molecule has 0 atom stereocenters. The molecule has 0 bridgehead atoms. The van der Waals surface area contributed by atoms with E-state index < -0.39 is 11.6 Å². The first-order valence-electron chi connectivity index (χ1n) is 13.3. The average Bonchev–Trinajstić information content (AvgIpc) is 3.04. The van der Waals surface area contributed by atoms with Crippen LogP contribution in [0.5, 0.6) is 0 Å². The van der Waals surface area contributed by atoms with Gasteiger partial charge in [0.1, 0.15) is 34.9 Å². The second kappa shape index (κ2) is 16.9. The predicted molar refractivity (Wildman–Crippen MR) is 179 cm³/mol. The van der Waals surface area contributed by atoms with Gasteiger partial charge >= 0.3 is 0 Å². The number of halogens is 7. The number of rotatable bonds is 6. The van der Waals surface area contributed by atoms with E-state index in [0.717, 1.165) is 0 Å². The molecule has 240 valence electrons. The summed E-state index contributed by atoms with van der Waals surface area (Å²) in [7, 11) is 0. The monoisotopic (exact) mass is 700 g/mol. The number of nitrogens with two attached hydrogens (primary N) is 1. The SMILES string of the molecule is Fc1ccc(Nc2ccnc(Cl)n2)cc1Cl.Fc1ccc(Nc2nccc(Nc3ccc(F)c(Cl)c3)n2)cc1.Nc1ccc(F)cc1. The van der Waals surface area contributed by atoms with Crippen LogP contribution in [-0.4, -0.2) is 19.9 Å². The highest BCUT2D eigenvalue weighted by molar-refractivity contribution is 6.31. The molecular formula is C32H23Cl3F4N8. The molecule has 4 aromatic carbocycles. The summed E-state index contributed by atoms with van der Waals surface area (Å²) in [5.74, 6) is -0.157. The molecule has 5 N–H and O–H groups in total. The Hall–Kier alpha value is -5.17. The van der Waals surface area contributed by atoms with E-state index in [1.54, 1.807) is 42.6 Å². The molecule has 0 fully saturated rings. The van der Waals surface area contributed by atoms with Gasteiger partial charge in [0.05, 0.1) is 10.0 Å². The first-order valence-corrected chi connectivity index (χ1v) is 14.5. The van der Waals surface area contributed by atoms with Crippen molar-refractivity contribution in [3.05, 3.63) is 148 Å². The third-order valence-corrected chi connectivity index (χ3v) is 6.40. The second-order valence-electron chi connectivity index (χ2n) is 9.17. The van der Waals surface area contributed by atoms with Gasteiger partial charge < -0.3 is 21.7 Å². The Labute approximate surface area is 281 Å². The fourth-order valence-electron chi connectivity index (χ4n) is 3.46. The molecule has 0 spiro atoms. The highest BCUT2D eigenvalue weighted by Gasteiger charge is 2.05. The Balaban J connectivity index is 0.000000180. The third kappa shape index (κ3) is 11.6. The lowest BCUT2D eigenvalue weighted by molar-refractivity contribution is 0.627. The Morgan fingerprint density at radius 3 is 1.47 bits per heavy atom. The van der Waals surface area contributed by atoms with Gasteiger partial charge in [0, 0.05) is 35.1 Å². The molecule has 15 heteroatoms. The van der Waals surface area contributed by atoms with Crippen molar-refractivity contribution in [1.82, 2.24) is 19.9 Å². The highest BCUT2D eigenvalue weighted by Crippen LogP contribution is 2.24. The predicted octanol–water partition coefficient (Wildman–Crippen LogP) is 9.97. The lowest BCUT2D eigenvalue weighted by Gasteiger charge is -2.09. The maximum atomic E-state index is 13.2. The van der Waals surface area contributed by atoms with E-state index in [4.69, 9.17) is 40.5 Å². The van der Waals surface area contributed by atoms with Crippen LogP contribution in [0.1, 0.15) is 0 Å². The maximum Gasteiger partial charge on any atom is 0.229 e. The number of aromatic nitrogens is 4.